The van der Waals surface area contributed by atoms with Crippen LogP contribution in [-0.2, 0) is 0 Å². The van der Waals surface area contributed by atoms with Gasteiger partial charge in [0.05, 0.1) is 0 Å². The van der Waals surface area contributed by atoms with Crippen molar-refractivity contribution in [2.24, 2.45) is 0 Å². The van der Waals surface area contributed by atoms with E-state index in [2.05, 4.69) is 5.32 Å². The Kier molecular flexibility index (Phi) is 5.07. The zero-order valence-electron chi connectivity index (χ0n) is 13.3. The minimum Gasteiger partial charge on any atom is -0.367 e. The molecular formula is C20H16N2O3. The number of hydrogen-bond acceptors (Lipinski definition) is 3. The molecule has 25 heavy (non-hydrogen) atoms. The van der Waals surface area contributed by atoms with Gasteiger partial charge < -0.3 is 10.2 Å². The number of anilines is 1. The molecule has 124 valence electrons. The molecule has 0 fully saturated rings. The third-order valence-corrected chi connectivity index (χ3v) is 3.35. The van der Waals surface area contributed by atoms with Gasteiger partial charge in [0.25, 0.3) is 5.91 Å². The van der Waals surface area contributed by atoms with Crippen molar-refractivity contribution in [3.05, 3.63) is 96.6 Å². The maximum Gasteiger partial charge on any atom is 0.362 e. The highest BCUT2D eigenvalue weighted by atomic mass is 16.7. The largest absolute Gasteiger partial charge is 0.367 e. The zero-order chi connectivity index (χ0) is 17.5. The van der Waals surface area contributed by atoms with E-state index in [-0.39, 0.29) is 0 Å². The van der Waals surface area contributed by atoms with Crippen molar-refractivity contribution < 1.29 is 14.4 Å². The molecule has 0 heterocycles. The SMILES string of the molecule is O=C(Nc1ccccc1)N(Oc1ccccc1)C(=O)c1ccccc1. The molecule has 3 aromatic rings. The second-order valence-electron chi connectivity index (χ2n) is 5.17. The van der Waals surface area contributed by atoms with Crippen molar-refractivity contribution in [1.82, 2.24) is 5.06 Å². The minimum atomic E-state index is -0.677. The Morgan fingerprint density at radius 2 is 1.24 bits per heavy atom. The van der Waals surface area contributed by atoms with Crippen LogP contribution in [0.2, 0.25) is 0 Å². The Hall–Kier alpha value is -3.60. The predicted molar refractivity (Wildman–Crippen MR) is 95.1 cm³/mol. The second-order valence-corrected chi connectivity index (χ2v) is 5.17. The number of urea groups is 1. The molecule has 0 aromatic heterocycles. The normalized spacial score (nSPS) is 9.92. The Morgan fingerprint density at radius 3 is 1.84 bits per heavy atom. The summed E-state index contributed by atoms with van der Waals surface area (Å²) in [6.07, 6.45) is 0. The van der Waals surface area contributed by atoms with E-state index in [9.17, 15) is 9.59 Å². The van der Waals surface area contributed by atoms with Crippen LogP contribution < -0.4 is 10.2 Å². The zero-order valence-corrected chi connectivity index (χ0v) is 13.3. The van der Waals surface area contributed by atoms with E-state index >= 15 is 0 Å². The average molecular weight is 332 g/mol. The lowest BCUT2D eigenvalue weighted by Gasteiger charge is -2.21. The molecule has 0 saturated carbocycles. The van der Waals surface area contributed by atoms with E-state index in [1.807, 2.05) is 12.1 Å². The first kappa shape index (κ1) is 16.3. The standard InChI is InChI=1S/C20H16N2O3/c23-19(16-10-4-1-5-11-16)22(25-18-14-8-3-9-15-18)20(24)21-17-12-6-2-7-13-17/h1-15H,(H,21,24). The van der Waals surface area contributed by atoms with E-state index in [0.717, 1.165) is 5.06 Å². The van der Waals surface area contributed by atoms with Crippen molar-refractivity contribution in [3.63, 3.8) is 0 Å². The highest BCUT2D eigenvalue weighted by Crippen LogP contribution is 2.15. The summed E-state index contributed by atoms with van der Waals surface area (Å²) in [5, 5.41) is 3.37. The lowest BCUT2D eigenvalue weighted by Crippen LogP contribution is -2.42. The van der Waals surface area contributed by atoms with Crippen LogP contribution in [0.3, 0.4) is 0 Å². The lowest BCUT2D eigenvalue weighted by atomic mass is 10.2. The molecule has 5 nitrogen and oxygen atoms in total. The van der Waals surface area contributed by atoms with E-state index in [0.29, 0.717) is 17.0 Å². The number of nitrogens with zero attached hydrogens (tertiary/aromatic N) is 1. The summed E-state index contributed by atoms with van der Waals surface area (Å²) in [6, 6.07) is 25.4. The number of hydroxylamine groups is 2. The van der Waals surface area contributed by atoms with Crippen LogP contribution in [0, 0.1) is 0 Å². The lowest BCUT2D eigenvalue weighted by molar-refractivity contribution is 0.00180. The first-order valence-corrected chi connectivity index (χ1v) is 7.72. The van der Waals surface area contributed by atoms with Crippen LogP contribution in [0.25, 0.3) is 0 Å². The van der Waals surface area contributed by atoms with Crippen molar-refractivity contribution in [1.29, 1.82) is 0 Å². The molecule has 1 N–H and O–H groups in total. The number of carbonyl (C=O) groups is 2. The van der Waals surface area contributed by atoms with Crippen LogP contribution in [-0.4, -0.2) is 17.0 Å². The predicted octanol–water partition coefficient (Wildman–Crippen LogP) is 4.35. The van der Waals surface area contributed by atoms with Crippen LogP contribution >= 0.6 is 0 Å². The maximum absolute atomic E-state index is 12.7. The highest BCUT2D eigenvalue weighted by Gasteiger charge is 2.25. The smallest absolute Gasteiger partial charge is 0.362 e. The Morgan fingerprint density at radius 1 is 0.720 bits per heavy atom. The van der Waals surface area contributed by atoms with Crippen molar-refractivity contribution in [3.8, 4) is 5.75 Å². The molecule has 3 aromatic carbocycles. The fourth-order valence-corrected chi connectivity index (χ4v) is 2.16. The average Bonchev–Trinajstić information content (AvgIpc) is 2.68. The molecule has 0 aliphatic rings. The van der Waals surface area contributed by atoms with Crippen molar-refractivity contribution >= 4 is 17.6 Å². The number of rotatable bonds is 4. The maximum atomic E-state index is 12.7. The molecule has 0 saturated heterocycles. The molecule has 0 atom stereocenters. The number of benzene rings is 3. The summed E-state index contributed by atoms with van der Waals surface area (Å²) < 4.78 is 0. The molecule has 0 unspecified atom stereocenters. The van der Waals surface area contributed by atoms with Crippen LogP contribution in [0.15, 0.2) is 91.0 Å². The molecule has 5 heteroatoms. The summed E-state index contributed by atoms with van der Waals surface area (Å²) in [5.41, 5.74) is 0.914. The molecule has 0 radical (unpaired) electrons. The third kappa shape index (κ3) is 4.23. The molecular weight excluding hydrogens is 316 g/mol. The number of para-hydroxylation sites is 2. The molecule has 0 bridgehead atoms. The van der Waals surface area contributed by atoms with Gasteiger partial charge in [-0.2, -0.15) is 0 Å². The van der Waals surface area contributed by atoms with Gasteiger partial charge in [0.15, 0.2) is 5.75 Å². The first-order chi connectivity index (χ1) is 12.2. The van der Waals surface area contributed by atoms with Gasteiger partial charge in [0.1, 0.15) is 0 Å². The monoisotopic (exact) mass is 332 g/mol. The van der Waals surface area contributed by atoms with Crippen LogP contribution in [0.1, 0.15) is 10.4 Å². The number of nitrogens with one attached hydrogen (secondary N) is 1. The number of carbonyl (C=O) groups excluding carboxylic acids is 2. The summed E-state index contributed by atoms with van der Waals surface area (Å²) >= 11 is 0. The van der Waals surface area contributed by atoms with Gasteiger partial charge in [-0.25, -0.2) is 4.79 Å². The van der Waals surface area contributed by atoms with Gasteiger partial charge in [0, 0.05) is 11.3 Å². The first-order valence-electron chi connectivity index (χ1n) is 7.72. The van der Waals surface area contributed by atoms with Gasteiger partial charge in [-0.15, -0.1) is 0 Å². The Labute approximate surface area is 145 Å². The fraction of sp³-hybridized carbons (Fsp3) is 0. The molecule has 0 aliphatic heterocycles. The second kappa shape index (κ2) is 7.79. The van der Waals surface area contributed by atoms with Crippen molar-refractivity contribution in [2.75, 3.05) is 5.32 Å². The summed E-state index contributed by atoms with van der Waals surface area (Å²) in [6.45, 7) is 0. The van der Waals surface area contributed by atoms with Gasteiger partial charge in [-0.3, -0.25) is 4.79 Å². The van der Waals surface area contributed by atoms with Gasteiger partial charge in [-0.1, -0.05) is 59.7 Å². The van der Waals surface area contributed by atoms with Crippen LogP contribution in [0.4, 0.5) is 10.5 Å². The van der Waals surface area contributed by atoms with Crippen molar-refractivity contribution in [2.45, 2.75) is 0 Å². The van der Waals surface area contributed by atoms with Gasteiger partial charge in [0.2, 0.25) is 0 Å². The Balaban J connectivity index is 1.85. The fourth-order valence-electron chi connectivity index (χ4n) is 2.16. The molecule has 3 amide bonds. The van der Waals surface area contributed by atoms with Gasteiger partial charge >= 0.3 is 6.03 Å². The van der Waals surface area contributed by atoms with Crippen LogP contribution in [0.5, 0.6) is 5.75 Å². The topological polar surface area (TPSA) is 58.6 Å². The number of amides is 3. The molecule has 3 rings (SSSR count). The third-order valence-electron chi connectivity index (χ3n) is 3.35. The van der Waals surface area contributed by atoms with E-state index in [1.54, 1.807) is 78.9 Å². The van der Waals surface area contributed by atoms with Gasteiger partial charge in [-0.05, 0) is 36.4 Å². The quantitative estimate of drug-likeness (QED) is 0.722. The van der Waals surface area contributed by atoms with E-state index in [4.69, 9.17) is 4.84 Å². The molecule has 0 aliphatic carbocycles. The summed E-state index contributed by atoms with van der Waals surface area (Å²) in [7, 11) is 0. The van der Waals surface area contributed by atoms with E-state index in [1.165, 1.54) is 0 Å². The highest BCUT2D eigenvalue weighted by molar-refractivity contribution is 6.07. The number of hydrogen-bond donors (Lipinski definition) is 1. The summed E-state index contributed by atoms with van der Waals surface area (Å²) in [4.78, 5) is 30.9. The Bertz CT molecular complexity index is 837. The minimum absolute atomic E-state index is 0.349. The summed E-state index contributed by atoms with van der Waals surface area (Å²) in [5.74, 6) is -0.173. The van der Waals surface area contributed by atoms with E-state index < -0.39 is 11.9 Å². The number of imide groups is 1. The molecule has 0 spiro atoms.